The molecule has 0 aliphatic carbocycles. The fourth-order valence-corrected chi connectivity index (χ4v) is 5.40. The molecule has 0 bridgehead atoms. The Hall–Kier alpha value is -5.87. The lowest BCUT2D eigenvalue weighted by atomic mass is 9.97. The molecular formula is C39H26N4. The Kier molecular flexibility index (Phi) is 4.36. The molecule has 4 heteroatoms. The second kappa shape index (κ2) is 10.5. The highest BCUT2D eigenvalue weighted by atomic mass is 15.1. The maximum absolute atomic E-state index is 9.11. The van der Waals surface area contributed by atoms with Crippen molar-refractivity contribution in [1.29, 1.82) is 0 Å². The van der Waals surface area contributed by atoms with Gasteiger partial charge in [-0.05, 0) is 29.3 Å². The van der Waals surface area contributed by atoms with E-state index in [4.69, 9.17) is 25.9 Å². The molecule has 0 atom stereocenters. The molecule has 202 valence electrons. The average molecular weight is 559 g/mol. The van der Waals surface area contributed by atoms with Gasteiger partial charge < -0.3 is 4.57 Å². The highest BCUT2D eigenvalue weighted by molar-refractivity contribution is 6.10. The van der Waals surface area contributed by atoms with Crippen LogP contribution >= 0.6 is 0 Å². The number of benzene rings is 6. The van der Waals surface area contributed by atoms with Crippen LogP contribution in [0.5, 0.6) is 0 Å². The largest absolute Gasteiger partial charge is 0.308 e. The first kappa shape index (κ1) is 17.8. The zero-order valence-electron chi connectivity index (χ0n) is 30.7. The third-order valence-corrected chi connectivity index (χ3v) is 7.32. The van der Waals surface area contributed by atoms with Crippen LogP contribution in [0.2, 0.25) is 0 Å². The van der Waals surface area contributed by atoms with E-state index in [2.05, 4.69) is 0 Å². The lowest BCUT2D eigenvalue weighted by Crippen LogP contribution is -2.05. The van der Waals surface area contributed by atoms with Crippen molar-refractivity contribution in [3.8, 4) is 51.0 Å². The van der Waals surface area contributed by atoms with Gasteiger partial charge in [0.25, 0.3) is 0 Å². The maximum Gasteiger partial charge on any atom is 0.166 e. The molecule has 0 unspecified atom stereocenters. The molecule has 0 aliphatic heterocycles. The molecule has 0 saturated heterocycles. The Morgan fingerprint density at radius 1 is 0.442 bits per heavy atom. The van der Waals surface area contributed by atoms with E-state index in [0.717, 1.165) is 16.7 Å². The monoisotopic (exact) mass is 558 g/mol. The van der Waals surface area contributed by atoms with Crippen molar-refractivity contribution in [1.82, 2.24) is 19.5 Å². The maximum atomic E-state index is 9.11. The van der Waals surface area contributed by atoms with Crippen LogP contribution in [0.15, 0.2) is 158 Å². The molecule has 0 N–H and O–H groups in total. The number of fused-ring (bicyclic) bond motifs is 3. The minimum absolute atomic E-state index is 0.00934. The zero-order valence-corrected chi connectivity index (χ0v) is 22.7. The van der Waals surface area contributed by atoms with Crippen molar-refractivity contribution in [3.05, 3.63) is 158 Å². The first-order valence-electron chi connectivity index (χ1n) is 17.7. The Bertz CT molecular complexity index is 2530. The van der Waals surface area contributed by atoms with Crippen LogP contribution in [0, 0.1) is 0 Å². The fourth-order valence-electron chi connectivity index (χ4n) is 5.40. The van der Waals surface area contributed by atoms with Gasteiger partial charge in [-0.2, -0.15) is 0 Å². The van der Waals surface area contributed by atoms with Crippen LogP contribution < -0.4 is 0 Å². The lowest BCUT2D eigenvalue weighted by molar-refractivity contribution is 1.06. The number of rotatable bonds is 5. The predicted octanol–water partition coefficient (Wildman–Crippen LogP) is 9.64. The summed E-state index contributed by atoms with van der Waals surface area (Å²) in [5.41, 5.74) is 3.84. The van der Waals surface area contributed by atoms with Gasteiger partial charge in [0.2, 0.25) is 0 Å². The number of aromatic nitrogens is 4. The Morgan fingerprint density at radius 3 is 1.44 bits per heavy atom. The molecular weight excluding hydrogens is 524 g/mol. The van der Waals surface area contributed by atoms with E-state index in [9.17, 15) is 0 Å². The molecule has 2 aromatic heterocycles. The van der Waals surface area contributed by atoms with Gasteiger partial charge in [0.05, 0.1) is 33.3 Å². The highest BCUT2D eigenvalue weighted by Crippen LogP contribution is 2.40. The highest BCUT2D eigenvalue weighted by Gasteiger charge is 2.22. The van der Waals surface area contributed by atoms with Gasteiger partial charge in [-0.3, -0.25) is 0 Å². The van der Waals surface area contributed by atoms with Crippen LogP contribution in [0.25, 0.3) is 72.8 Å². The second-order valence-electron chi connectivity index (χ2n) is 9.89. The Morgan fingerprint density at radius 2 is 0.907 bits per heavy atom. The van der Waals surface area contributed by atoms with E-state index in [1.807, 2.05) is 97.1 Å². The fraction of sp³-hybridized carbons (Fsp3) is 0. The van der Waals surface area contributed by atoms with Gasteiger partial charge >= 0.3 is 0 Å². The third-order valence-electron chi connectivity index (χ3n) is 7.32. The van der Waals surface area contributed by atoms with Crippen molar-refractivity contribution in [3.63, 3.8) is 0 Å². The van der Waals surface area contributed by atoms with Crippen molar-refractivity contribution in [2.45, 2.75) is 0 Å². The summed E-state index contributed by atoms with van der Waals surface area (Å²) in [6.45, 7) is 0. The van der Waals surface area contributed by atoms with Crippen LogP contribution in [0.4, 0.5) is 0 Å². The summed E-state index contributed by atoms with van der Waals surface area (Å²) in [7, 11) is 0. The smallest absolute Gasteiger partial charge is 0.166 e. The van der Waals surface area contributed by atoms with Gasteiger partial charge in [0.1, 0.15) is 0 Å². The summed E-state index contributed by atoms with van der Waals surface area (Å²) >= 11 is 0. The lowest BCUT2D eigenvalue weighted by Gasteiger charge is -2.18. The van der Waals surface area contributed by atoms with Crippen LogP contribution in [-0.2, 0) is 0 Å². The number of hydrogen-bond donors (Lipinski definition) is 0. The van der Waals surface area contributed by atoms with Gasteiger partial charge in [-0.25, -0.2) is 15.0 Å². The first-order chi connectivity index (χ1) is 24.7. The molecule has 2 heterocycles. The van der Waals surface area contributed by atoms with Gasteiger partial charge in [0.15, 0.2) is 17.5 Å². The van der Waals surface area contributed by atoms with Crippen LogP contribution in [-0.4, -0.2) is 19.5 Å². The molecule has 4 nitrogen and oxygen atoms in total. The quantitative estimate of drug-likeness (QED) is 0.211. The van der Waals surface area contributed by atoms with E-state index in [0.29, 0.717) is 28.5 Å². The van der Waals surface area contributed by atoms with Gasteiger partial charge in [-0.15, -0.1) is 0 Å². The molecule has 0 radical (unpaired) electrons. The zero-order chi connectivity index (χ0) is 35.6. The van der Waals surface area contributed by atoms with E-state index in [1.54, 1.807) is 12.1 Å². The Labute approximate surface area is 260 Å². The molecule has 0 aliphatic rings. The normalized spacial score (nSPS) is 13.9. The van der Waals surface area contributed by atoms with Crippen molar-refractivity contribution >= 4 is 21.8 Å². The molecule has 6 aromatic carbocycles. The second-order valence-corrected chi connectivity index (χ2v) is 9.89. The van der Waals surface area contributed by atoms with E-state index in [-0.39, 0.29) is 39.7 Å². The van der Waals surface area contributed by atoms with E-state index in [1.165, 1.54) is 4.57 Å². The molecule has 0 fully saturated rings. The third kappa shape index (κ3) is 4.37. The number of nitrogens with zero attached hydrogens (tertiary/aromatic N) is 4. The van der Waals surface area contributed by atoms with E-state index >= 15 is 0 Å². The SMILES string of the molecule is [2H]c1c([2H])c([2H])c2c(c1[2H])c1c([2H])c([2H])c([2H])c([2H])c1n2-c1cccc(-c2ccccc2)c1-c1nc(-c2ccccc2)nc(-c2ccccc2)n1. The van der Waals surface area contributed by atoms with Gasteiger partial charge in [-0.1, -0.05) is 139 Å². The summed E-state index contributed by atoms with van der Waals surface area (Å²) in [5.74, 6) is 1.06. The van der Waals surface area contributed by atoms with E-state index < -0.39 is 36.3 Å². The Balaban J connectivity index is 1.59. The summed E-state index contributed by atoms with van der Waals surface area (Å²) < 4.78 is 71.8. The summed E-state index contributed by atoms with van der Waals surface area (Å²) in [5, 5.41) is -0.0191. The summed E-state index contributed by atoms with van der Waals surface area (Å²) in [6.07, 6.45) is 0. The summed E-state index contributed by atoms with van der Waals surface area (Å²) in [4.78, 5) is 14.9. The van der Waals surface area contributed by atoms with Crippen molar-refractivity contribution < 1.29 is 11.0 Å². The van der Waals surface area contributed by atoms with Crippen LogP contribution in [0.1, 0.15) is 11.0 Å². The molecule has 0 amide bonds. The standard InChI is InChI=1S/C39H26N4/c1-4-15-27(16-5-1)30-23-14-26-35(43-33-24-12-10-21-31(33)32-22-11-13-25-34(32)43)36(30)39-41-37(28-17-6-2-7-18-28)40-38(42-39)29-19-8-3-9-20-29/h1-26H/i10D,11D,12D,13D,21D,22D,24D,25D. The summed E-state index contributed by atoms with van der Waals surface area (Å²) in [6, 6.07) is 30.4. The first-order valence-corrected chi connectivity index (χ1v) is 13.7. The minimum atomic E-state index is -0.505. The van der Waals surface area contributed by atoms with Crippen LogP contribution in [0.3, 0.4) is 0 Å². The molecule has 8 aromatic rings. The van der Waals surface area contributed by atoms with Crippen molar-refractivity contribution in [2.24, 2.45) is 0 Å². The molecule has 0 spiro atoms. The predicted molar refractivity (Wildman–Crippen MR) is 176 cm³/mol. The minimum Gasteiger partial charge on any atom is -0.308 e. The number of para-hydroxylation sites is 2. The molecule has 8 rings (SSSR count). The number of hydrogen-bond acceptors (Lipinski definition) is 3. The van der Waals surface area contributed by atoms with Gasteiger partial charge in [0, 0.05) is 21.9 Å². The molecule has 43 heavy (non-hydrogen) atoms. The molecule has 0 saturated carbocycles. The van der Waals surface area contributed by atoms with Crippen molar-refractivity contribution in [2.75, 3.05) is 0 Å². The topological polar surface area (TPSA) is 43.6 Å². The average Bonchev–Trinajstić information content (AvgIpc) is 3.54.